The maximum absolute atomic E-state index is 13.1. The molecule has 1 saturated heterocycles. The molecule has 9 nitrogen and oxygen atoms in total. The van der Waals surface area contributed by atoms with E-state index in [1.54, 1.807) is 18.2 Å². The molecule has 3 rings (SSSR count). The highest BCUT2D eigenvalue weighted by Gasteiger charge is 2.54. The maximum Gasteiger partial charge on any atom is 0.262 e. The highest BCUT2D eigenvalue weighted by atomic mass is 32.2. The van der Waals surface area contributed by atoms with Crippen molar-refractivity contribution in [3.63, 3.8) is 0 Å². The lowest BCUT2D eigenvalue weighted by molar-refractivity contribution is -0.192. The number of hydrogen-bond acceptors (Lipinski definition) is 7. The Morgan fingerprint density at radius 3 is 2.47 bits per heavy atom. The summed E-state index contributed by atoms with van der Waals surface area (Å²) in [5.74, 6) is -1.38. The fourth-order valence-corrected chi connectivity index (χ4v) is 4.75. The highest BCUT2D eigenvalue weighted by Crippen LogP contribution is 2.34. The predicted molar refractivity (Wildman–Crippen MR) is 116 cm³/mol. The minimum absolute atomic E-state index is 0.115. The molecule has 2 aliphatic heterocycles. The number of rotatable bonds is 9. The number of amides is 2. The molecule has 32 heavy (non-hydrogen) atoms. The van der Waals surface area contributed by atoms with Gasteiger partial charge in [0.2, 0.25) is 0 Å². The van der Waals surface area contributed by atoms with Gasteiger partial charge in [-0.15, -0.1) is 0 Å². The molecular formula is C22H31NO8S. The number of nitrogens with zero attached hydrogens (tertiary/aromatic N) is 1. The number of imide groups is 1. The maximum atomic E-state index is 13.1. The Morgan fingerprint density at radius 2 is 1.84 bits per heavy atom. The lowest BCUT2D eigenvalue weighted by Crippen LogP contribution is -2.66. The van der Waals surface area contributed by atoms with Crippen molar-refractivity contribution in [1.29, 1.82) is 0 Å². The van der Waals surface area contributed by atoms with Gasteiger partial charge in [-0.2, -0.15) is 0 Å². The van der Waals surface area contributed by atoms with Crippen molar-refractivity contribution in [1.82, 2.24) is 4.90 Å². The molecule has 0 bridgehead atoms. The van der Waals surface area contributed by atoms with E-state index in [9.17, 15) is 28.6 Å². The number of unbranched alkanes of at least 4 members (excludes halogenated alkanes) is 1. The van der Waals surface area contributed by atoms with Crippen LogP contribution in [0.2, 0.25) is 0 Å². The van der Waals surface area contributed by atoms with Gasteiger partial charge in [-0.1, -0.05) is 26.3 Å². The number of carbonyl (C=O) groups excluding carboxylic acids is 2. The van der Waals surface area contributed by atoms with Crippen LogP contribution in [-0.2, 0) is 27.0 Å². The third-order valence-electron chi connectivity index (χ3n) is 6.09. The smallest absolute Gasteiger partial charge is 0.262 e. The van der Waals surface area contributed by atoms with Gasteiger partial charge < -0.3 is 24.2 Å². The van der Waals surface area contributed by atoms with Crippen LogP contribution in [0.15, 0.2) is 18.2 Å². The van der Waals surface area contributed by atoms with Crippen LogP contribution in [0.5, 0.6) is 0 Å². The fourth-order valence-electron chi connectivity index (χ4n) is 3.99. The van der Waals surface area contributed by atoms with Crippen molar-refractivity contribution in [2.24, 2.45) is 0 Å². The van der Waals surface area contributed by atoms with Gasteiger partial charge in [-0.25, -0.2) is 4.21 Å². The molecule has 10 heteroatoms. The molecule has 7 atom stereocenters. The number of aliphatic hydroxyl groups is 2. The Hall–Kier alpha value is -1.69. The van der Waals surface area contributed by atoms with E-state index < -0.39 is 52.7 Å². The zero-order valence-electron chi connectivity index (χ0n) is 18.5. The van der Waals surface area contributed by atoms with Gasteiger partial charge in [0, 0.05) is 0 Å². The minimum Gasteiger partial charge on any atom is -0.388 e. The van der Waals surface area contributed by atoms with Gasteiger partial charge in [-0.05, 0) is 43.9 Å². The van der Waals surface area contributed by atoms with Crippen LogP contribution in [-0.4, -0.2) is 78.2 Å². The number of fused-ring (bicyclic) bond motifs is 1. The van der Waals surface area contributed by atoms with Crippen LogP contribution in [0, 0.1) is 0 Å². The van der Waals surface area contributed by atoms with Crippen LogP contribution in [0.3, 0.4) is 0 Å². The van der Waals surface area contributed by atoms with E-state index in [1.165, 1.54) is 0 Å². The summed E-state index contributed by atoms with van der Waals surface area (Å²) in [4.78, 5) is 26.9. The molecule has 2 aliphatic rings. The summed E-state index contributed by atoms with van der Waals surface area (Å²) in [6, 6.07) is 3.45. The van der Waals surface area contributed by atoms with E-state index in [-0.39, 0.29) is 23.8 Å². The largest absolute Gasteiger partial charge is 0.388 e. The summed E-state index contributed by atoms with van der Waals surface area (Å²) < 4.78 is 33.1. The van der Waals surface area contributed by atoms with E-state index in [2.05, 4.69) is 6.92 Å². The molecule has 0 aliphatic carbocycles. The molecule has 2 amide bonds. The van der Waals surface area contributed by atoms with Gasteiger partial charge >= 0.3 is 0 Å². The Bertz CT molecular complexity index is 877. The highest BCUT2D eigenvalue weighted by molar-refractivity contribution is 7.79. The summed E-state index contributed by atoms with van der Waals surface area (Å²) in [5.41, 5.74) is -0.365. The molecule has 1 aromatic rings. The summed E-state index contributed by atoms with van der Waals surface area (Å²) >= 11 is -2.65. The van der Waals surface area contributed by atoms with Crippen molar-refractivity contribution in [3.05, 3.63) is 34.9 Å². The molecule has 178 valence electrons. The lowest BCUT2D eigenvalue weighted by Gasteiger charge is -2.44. The average molecular weight is 470 g/mol. The number of aliphatic hydroxyl groups excluding tert-OH is 2. The number of aryl methyl sites for hydroxylation is 1. The quantitative estimate of drug-likeness (QED) is 0.366. The standard InChI is InChI=1S/C22H31NO8S/c1-4-6-7-13-8-9-14-15(10-13)21(27)23(20(14)26)17-19(25)18(24)16(11-30-12(3)5-2)31-22(17)32(28)29/h8-10,12,16-19,22,24-25H,4-7,11H2,1-3H3,(H,28,29)/t12?,16-,17-,18-,19?,22?/m1/s1. The summed E-state index contributed by atoms with van der Waals surface area (Å²) in [7, 11) is 0. The SMILES string of the molecule is CCCCc1ccc2c(c1)C(=O)N([C@@H]1C(O)[C@H](O)[C@@H](COC(C)CC)OC1S(=O)O)C2=O. The third-order valence-corrected chi connectivity index (χ3v) is 6.87. The van der Waals surface area contributed by atoms with Crippen molar-refractivity contribution in [3.8, 4) is 0 Å². The van der Waals surface area contributed by atoms with Crippen LogP contribution in [0.25, 0.3) is 0 Å². The Balaban J connectivity index is 1.87. The fraction of sp³-hybridized carbons (Fsp3) is 0.636. The first kappa shape index (κ1) is 24.9. The van der Waals surface area contributed by atoms with Crippen LogP contribution in [0.1, 0.15) is 66.3 Å². The monoisotopic (exact) mass is 469 g/mol. The number of carbonyl (C=O) groups is 2. The zero-order valence-corrected chi connectivity index (χ0v) is 19.3. The summed E-state index contributed by atoms with van der Waals surface area (Å²) in [5, 5.41) is 21.4. The van der Waals surface area contributed by atoms with Crippen LogP contribution in [0.4, 0.5) is 0 Å². The molecule has 0 radical (unpaired) electrons. The second kappa shape index (κ2) is 10.5. The molecule has 0 aromatic heterocycles. The molecule has 4 unspecified atom stereocenters. The average Bonchev–Trinajstić information content (AvgIpc) is 3.02. The number of ether oxygens (including phenoxy) is 2. The van der Waals surface area contributed by atoms with E-state index in [0.717, 1.165) is 29.7 Å². The third kappa shape index (κ3) is 4.80. The van der Waals surface area contributed by atoms with Crippen molar-refractivity contribution in [2.45, 2.75) is 82.3 Å². The molecule has 2 heterocycles. The molecule has 1 aromatic carbocycles. The summed E-state index contributed by atoms with van der Waals surface area (Å²) in [6.45, 7) is 5.67. The molecule has 0 saturated carbocycles. The first-order valence-corrected chi connectivity index (χ1v) is 12.1. The first-order valence-electron chi connectivity index (χ1n) is 10.9. The lowest BCUT2D eigenvalue weighted by atomic mass is 9.96. The Morgan fingerprint density at radius 1 is 1.16 bits per heavy atom. The normalized spacial score (nSPS) is 29.8. The number of hydrogen-bond donors (Lipinski definition) is 3. The van der Waals surface area contributed by atoms with Crippen molar-refractivity contribution >= 4 is 22.9 Å². The van der Waals surface area contributed by atoms with Crippen LogP contribution < -0.4 is 0 Å². The summed E-state index contributed by atoms with van der Waals surface area (Å²) in [6.07, 6.45) is -1.07. The Labute approximate surface area is 190 Å². The van der Waals surface area contributed by atoms with E-state index in [0.29, 0.717) is 6.42 Å². The second-order valence-corrected chi connectivity index (χ2v) is 9.32. The van der Waals surface area contributed by atoms with Crippen LogP contribution >= 0.6 is 0 Å². The Kier molecular flexibility index (Phi) is 8.18. The minimum atomic E-state index is -2.65. The van der Waals surface area contributed by atoms with Gasteiger partial charge in [-0.3, -0.25) is 14.5 Å². The molecular weight excluding hydrogens is 438 g/mol. The molecule has 1 fully saturated rings. The zero-order chi connectivity index (χ0) is 23.6. The van der Waals surface area contributed by atoms with Crippen molar-refractivity contribution in [2.75, 3.05) is 6.61 Å². The molecule has 3 N–H and O–H groups in total. The second-order valence-electron chi connectivity index (χ2n) is 8.31. The van der Waals surface area contributed by atoms with E-state index in [4.69, 9.17) is 9.47 Å². The molecule has 0 spiro atoms. The van der Waals surface area contributed by atoms with Crippen molar-refractivity contribution < 1.29 is 38.0 Å². The van der Waals surface area contributed by atoms with Gasteiger partial charge in [0.1, 0.15) is 24.4 Å². The predicted octanol–water partition coefficient (Wildman–Crippen LogP) is 1.48. The van der Waals surface area contributed by atoms with E-state index in [1.807, 2.05) is 13.8 Å². The van der Waals surface area contributed by atoms with Gasteiger partial charge in [0.15, 0.2) is 16.5 Å². The van der Waals surface area contributed by atoms with Gasteiger partial charge in [0.05, 0.1) is 23.8 Å². The topological polar surface area (TPSA) is 134 Å². The number of benzene rings is 1. The first-order chi connectivity index (χ1) is 15.2. The van der Waals surface area contributed by atoms with Gasteiger partial charge in [0.25, 0.3) is 11.8 Å². The van der Waals surface area contributed by atoms with E-state index >= 15 is 0 Å².